The Morgan fingerprint density at radius 2 is 2.38 bits per heavy atom. The predicted molar refractivity (Wildman–Crippen MR) is 55.2 cm³/mol. The summed E-state index contributed by atoms with van der Waals surface area (Å²) < 4.78 is 0. The maximum absolute atomic E-state index is 10.2. The molecule has 2 heterocycles. The van der Waals surface area contributed by atoms with Gasteiger partial charge in [-0.1, -0.05) is 6.07 Å². The second kappa shape index (κ2) is 3.81. The van der Waals surface area contributed by atoms with Gasteiger partial charge in [0.05, 0.1) is 10.6 Å². The maximum Gasteiger partial charge on any atom is 0.133 e. The van der Waals surface area contributed by atoms with Crippen LogP contribution in [0, 0.1) is 0 Å². The zero-order valence-corrected chi connectivity index (χ0v) is 8.40. The van der Waals surface area contributed by atoms with E-state index in [4.69, 9.17) is 0 Å². The Morgan fingerprint density at radius 1 is 1.46 bits per heavy atom. The SMILES string of the molecule is O=CCc1csc(-c2cccs2)n1. The summed E-state index contributed by atoms with van der Waals surface area (Å²) >= 11 is 3.25. The van der Waals surface area contributed by atoms with Crippen molar-refractivity contribution in [2.24, 2.45) is 0 Å². The lowest BCUT2D eigenvalue weighted by atomic mass is 10.4. The summed E-state index contributed by atoms with van der Waals surface area (Å²) in [6.45, 7) is 0. The molecular formula is C9H7NOS2. The number of hydrogen-bond acceptors (Lipinski definition) is 4. The van der Waals surface area contributed by atoms with Gasteiger partial charge in [0.25, 0.3) is 0 Å². The number of nitrogens with zero attached hydrogens (tertiary/aromatic N) is 1. The van der Waals surface area contributed by atoms with E-state index in [2.05, 4.69) is 4.98 Å². The number of aromatic nitrogens is 1. The summed E-state index contributed by atoms with van der Waals surface area (Å²) in [5.41, 5.74) is 0.864. The van der Waals surface area contributed by atoms with E-state index >= 15 is 0 Å². The molecule has 0 fully saturated rings. The Balaban J connectivity index is 2.28. The molecule has 2 aromatic heterocycles. The molecule has 0 atom stereocenters. The van der Waals surface area contributed by atoms with Gasteiger partial charge in [0.15, 0.2) is 0 Å². The van der Waals surface area contributed by atoms with Gasteiger partial charge in [-0.25, -0.2) is 4.98 Å². The smallest absolute Gasteiger partial charge is 0.133 e. The second-order valence-corrected chi connectivity index (χ2v) is 4.30. The molecule has 0 bridgehead atoms. The normalized spacial score (nSPS) is 10.2. The number of carbonyl (C=O) groups excluding carboxylic acids is 1. The Hall–Kier alpha value is -1.00. The first kappa shape index (κ1) is 8.59. The van der Waals surface area contributed by atoms with E-state index in [1.165, 1.54) is 4.88 Å². The van der Waals surface area contributed by atoms with E-state index < -0.39 is 0 Å². The molecule has 0 amide bonds. The molecule has 2 aromatic rings. The van der Waals surface area contributed by atoms with E-state index in [9.17, 15) is 4.79 Å². The minimum absolute atomic E-state index is 0.419. The molecule has 0 aliphatic heterocycles. The van der Waals surface area contributed by atoms with Crippen molar-refractivity contribution in [2.45, 2.75) is 6.42 Å². The van der Waals surface area contributed by atoms with Gasteiger partial charge in [-0.2, -0.15) is 0 Å². The Kier molecular flexibility index (Phi) is 2.52. The van der Waals surface area contributed by atoms with Gasteiger partial charge < -0.3 is 4.79 Å². The van der Waals surface area contributed by atoms with Crippen LogP contribution in [0.3, 0.4) is 0 Å². The van der Waals surface area contributed by atoms with Crippen LogP contribution in [0.15, 0.2) is 22.9 Å². The van der Waals surface area contributed by atoms with E-state index in [-0.39, 0.29) is 0 Å². The molecule has 66 valence electrons. The number of thiazole rings is 1. The number of aldehydes is 1. The first-order valence-electron chi connectivity index (χ1n) is 3.82. The third kappa shape index (κ3) is 1.84. The second-order valence-electron chi connectivity index (χ2n) is 2.49. The van der Waals surface area contributed by atoms with Crippen LogP contribution in [-0.2, 0) is 11.2 Å². The first-order chi connectivity index (χ1) is 6.40. The highest BCUT2D eigenvalue weighted by Gasteiger charge is 2.04. The summed E-state index contributed by atoms with van der Waals surface area (Å²) in [7, 11) is 0. The van der Waals surface area contributed by atoms with Crippen LogP contribution >= 0.6 is 22.7 Å². The minimum atomic E-state index is 0.419. The van der Waals surface area contributed by atoms with E-state index in [1.54, 1.807) is 22.7 Å². The van der Waals surface area contributed by atoms with Gasteiger partial charge in [-0.05, 0) is 11.4 Å². The summed E-state index contributed by atoms with van der Waals surface area (Å²) in [5, 5.41) is 4.96. The predicted octanol–water partition coefficient (Wildman–Crippen LogP) is 2.61. The van der Waals surface area contributed by atoms with Crippen LogP contribution in [0.5, 0.6) is 0 Å². The van der Waals surface area contributed by atoms with E-state index in [0.717, 1.165) is 17.0 Å². The summed E-state index contributed by atoms with van der Waals surface area (Å²) in [5.74, 6) is 0. The van der Waals surface area contributed by atoms with Crippen molar-refractivity contribution in [3.05, 3.63) is 28.6 Å². The van der Waals surface area contributed by atoms with Crippen molar-refractivity contribution in [2.75, 3.05) is 0 Å². The molecule has 0 aliphatic rings. The number of carbonyl (C=O) groups is 1. The standard InChI is InChI=1S/C9H7NOS2/c11-4-3-7-6-13-9(10-7)8-2-1-5-12-8/h1-2,4-6H,3H2. The Morgan fingerprint density at radius 3 is 3.08 bits per heavy atom. The van der Waals surface area contributed by atoms with Crippen LogP contribution in [0.25, 0.3) is 9.88 Å². The van der Waals surface area contributed by atoms with Crippen LogP contribution in [0.1, 0.15) is 5.69 Å². The molecule has 0 aromatic carbocycles. The molecule has 13 heavy (non-hydrogen) atoms. The molecule has 0 spiro atoms. The Labute approximate surface area is 83.9 Å². The maximum atomic E-state index is 10.2. The molecule has 0 aliphatic carbocycles. The van der Waals surface area contributed by atoms with Crippen molar-refractivity contribution in [3.63, 3.8) is 0 Å². The third-order valence-corrected chi connectivity index (χ3v) is 3.51. The first-order valence-corrected chi connectivity index (χ1v) is 5.58. The fraction of sp³-hybridized carbons (Fsp3) is 0.111. The van der Waals surface area contributed by atoms with Gasteiger partial charge >= 0.3 is 0 Å². The molecular weight excluding hydrogens is 202 g/mol. The van der Waals surface area contributed by atoms with Gasteiger partial charge in [-0.15, -0.1) is 22.7 Å². The topological polar surface area (TPSA) is 30.0 Å². The molecule has 2 rings (SSSR count). The fourth-order valence-electron chi connectivity index (χ4n) is 1.000. The number of rotatable bonds is 3. The van der Waals surface area contributed by atoms with Gasteiger partial charge in [0.1, 0.15) is 11.3 Å². The molecule has 2 nitrogen and oxygen atoms in total. The van der Waals surface area contributed by atoms with Crippen LogP contribution in [-0.4, -0.2) is 11.3 Å². The van der Waals surface area contributed by atoms with Gasteiger partial charge in [0.2, 0.25) is 0 Å². The zero-order valence-electron chi connectivity index (χ0n) is 6.77. The lowest BCUT2D eigenvalue weighted by Crippen LogP contribution is -1.84. The van der Waals surface area contributed by atoms with Crippen LogP contribution < -0.4 is 0 Å². The van der Waals surface area contributed by atoms with E-state index in [1.807, 2.05) is 22.9 Å². The number of thiophene rings is 1. The quantitative estimate of drug-likeness (QED) is 0.727. The third-order valence-electron chi connectivity index (χ3n) is 1.58. The van der Waals surface area contributed by atoms with Crippen molar-refractivity contribution < 1.29 is 4.79 Å². The van der Waals surface area contributed by atoms with Gasteiger partial charge in [-0.3, -0.25) is 0 Å². The highest BCUT2D eigenvalue weighted by Crippen LogP contribution is 2.27. The molecule has 0 radical (unpaired) electrons. The summed E-state index contributed by atoms with van der Waals surface area (Å²) in [6, 6.07) is 4.04. The minimum Gasteiger partial charge on any atom is -0.303 e. The molecule has 0 saturated carbocycles. The zero-order chi connectivity index (χ0) is 9.10. The molecule has 0 saturated heterocycles. The lowest BCUT2D eigenvalue weighted by Gasteiger charge is -1.86. The average Bonchev–Trinajstić information content (AvgIpc) is 2.70. The largest absolute Gasteiger partial charge is 0.303 e. The number of hydrogen-bond donors (Lipinski definition) is 0. The summed E-state index contributed by atoms with van der Waals surface area (Å²) in [4.78, 5) is 15.7. The van der Waals surface area contributed by atoms with Crippen molar-refractivity contribution in [3.8, 4) is 9.88 Å². The van der Waals surface area contributed by atoms with Crippen molar-refractivity contribution in [1.29, 1.82) is 0 Å². The summed E-state index contributed by atoms with van der Waals surface area (Å²) in [6.07, 6.45) is 1.30. The van der Waals surface area contributed by atoms with Gasteiger partial charge in [0, 0.05) is 11.8 Å². The van der Waals surface area contributed by atoms with Crippen LogP contribution in [0.2, 0.25) is 0 Å². The fourth-order valence-corrected chi connectivity index (χ4v) is 2.65. The molecule has 0 unspecified atom stereocenters. The average molecular weight is 209 g/mol. The van der Waals surface area contributed by atoms with Crippen molar-refractivity contribution >= 4 is 29.0 Å². The highest BCUT2D eigenvalue weighted by molar-refractivity contribution is 7.20. The molecule has 4 heteroatoms. The Bertz CT molecular complexity index is 391. The monoisotopic (exact) mass is 209 g/mol. The molecule has 0 N–H and O–H groups in total. The highest BCUT2D eigenvalue weighted by atomic mass is 32.1. The van der Waals surface area contributed by atoms with E-state index in [0.29, 0.717) is 6.42 Å². The van der Waals surface area contributed by atoms with Crippen molar-refractivity contribution in [1.82, 2.24) is 4.98 Å². The lowest BCUT2D eigenvalue weighted by molar-refractivity contribution is -0.107. The van der Waals surface area contributed by atoms with Crippen LogP contribution in [0.4, 0.5) is 0 Å².